The van der Waals surface area contributed by atoms with Crippen molar-refractivity contribution in [3.05, 3.63) is 0 Å². The first kappa shape index (κ1) is 6.78. The van der Waals surface area contributed by atoms with E-state index in [9.17, 15) is 0 Å². The van der Waals surface area contributed by atoms with Crippen molar-refractivity contribution in [2.75, 3.05) is 6.61 Å². The fraction of sp³-hybridized carbons (Fsp3) is 0.833. The lowest BCUT2D eigenvalue weighted by molar-refractivity contribution is 0.0661. The predicted octanol–water partition coefficient (Wildman–Crippen LogP) is 0.163. The molecule has 1 fully saturated rings. The van der Waals surface area contributed by atoms with Crippen LogP contribution in [-0.2, 0) is 4.74 Å². The van der Waals surface area contributed by atoms with Crippen LogP contribution in [-0.4, -0.2) is 21.9 Å². The highest BCUT2D eigenvalue weighted by Crippen LogP contribution is 2.10. The van der Waals surface area contributed by atoms with Gasteiger partial charge in [-0.15, -0.1) is 0 Å². The summed E-state index contributed by atoms with van der Waals surface area (Å²) in [6.45, 7) is 0.888. The van der Waals surface area contributed by atoms with Crippen LogP contribution < -0.4 is 0 Å². The summed E-state index contributed by atoms with van der Waals surface area (Å²) in [7, 11) is -0.541. The predicted molar refractivity (Wildman–Crippen MR) is 37.7 cm³/mol. The number of rotatable bonds is 1. The van der Waals surface area contributed by atoms with Gasteiger partial charge in [0.1, 0.15) is 0 Å². The third-order valence-electron chi connectivity index (χ3n) is 1.59. The van der Waals surface area contributed by atoms with E-state index in [0.717, 1.165) is 13.0 Å². The highest BCUT2D eigenvalue weighted by Gasteiger charge is 2.12. The molecule has 1 aliphatic heterocycles. The molecule has 50 valence electrons. The molecule has 1 rings (SSSR count). The van der Waals surface area contributed by atoms with Gasteiger partial charge in [0.15, 0.2) is 9.52 Å². The zero-order valence-corrected chi connectivity index (χ0v) is 6.88. The number of nitrogens with zero attached hydrogens (tertiary/aromatic N) is 1. The summed E-state index contributed by atoms with van der Waals surface area (Å²) < 4.78 is 5.36. The van der Waals surface area contributed by atoms with Gasteiger partial charge in [-0.05, 0) is 19.3 Å². The van der Waals surface area contributed by atoms with Crippen molar-refractivity contribution in [3.63, 3.8) is 0 Å². The Morgan fingerprint density at radius 3 is 3.00 bits per heavy atom. The van der Waals surface area contributed by atoms with E-state index in [0.29, 0.717) is 5.73 Å². The van der Waals surface area contributed by atoms with Crippen LogP contribution in [0, 0.1) is 11.0 Å². The number of nitriles is 1. The van der Waals surface area contributed by atoms with Crippen LogP contribution in [0.1, 0.15) is 19.3 Å². The molecule has 0 aliphatic carbocycles. The fourth-order valence-electron chi connectivity index (χ4n) is 1.07. The molecule has 1 atom stereocenters. The lowest BCUT2D eigenvalue weighted by Gasteiger charge is -2.19. The van der Waals surface area contributed by atoms with Gasteiger partial charge in [-0.25, -0.2) is 5.26 Å². The summed E-state index contributed by atoms with van der Waals surface area (Å²) in [5.41, 5.74) is 2.63. The van der Waals surface area contributed by atoms with Crippen LogP contribution in [0.25, 0.3) is 0 Å². The first-order valence-corrected chi connectivity index (χ1v) is 4.94. The standard InChI is InChI=1S/C6H11NOSi/c7-5-9-6-3-1-2-4-8-6/h6H,1-4,9H2. The van der Waals surface area contributed by atoms with E-state index in [1.807, 2.05) is 0 Å². The monoisotopic (exact) mass is 141 g/mol. The molecule has 0 radical (unpaired) electrons. The number of hydrogen-bond donors (Lipinski definition) is 0. The summed E-state index contributed by atoms with van der Waals surface area (Å²) in [5, 5.41) is 8.35. The second-order valence-corrected chi connectivity index (χ2v) is 3.99. The van der Waals surface area contributed by atoms with E-state index in [1.54, 1.807) is 0 Å². The third-order valence-corrected chi connectivity index (χ3v) is 2.87. The molecule has 1 unspecified atom stereocenters. The molecule has 9 heavy (non-hydrogen) atoms. The zero-order valence-electron chi connectivity index (χ0n) is 5.47. The Morgan fingerprint density at radius 2 is 2.44 bits per heavy atom. The van der Waals surface area contributed by atoms with Gasteiger partial charge >= 0.3 is 0 Å². The topological polar surface area (TPSA) is 33.0 Å². The van der Waals surface area contributed by atoms with Gasteiger partial charge in [-0.3, -0.25) is 0 Å². The molecule has 1 saturated heterocycles. The van der Waals surface area contributed by atoms with Crippen LogP contribution in [0.4, 0.5) is 0 Å². The van der Waals surface area contributed by atoms with Gasteiger partial charge in [-0.1, -0.05) is 0 Å². The van der Waals surface area contributed by atoms with Crippen molar-refractivity contribution >= 4 is 9.52 Å². The summed E-state index contributed by atoms with van der Waals surface area (Å²) in [6, 6.07) is 0. The van der Waals surface area contributed by atoms with Crippen molar-refractivity contribution in [2.45, 2.75) is 25.0 Å². The fourth-order valence-corrected chi connectivity index (χ4v) is 2.05. The summed E-state index contributed by atoms with van der Waals surface area (Å²) in [4.78, 5) is 0. The van der Waals surface area contributed by atoms with Gasteiger partial charge in [0.05, 0.1) is 5.73 Å². The minimum absolute atomic E-state index is 0.378. The highest BCUT2D eigenvalue weighted by molar-refractivity contribution is 6.46. The van der Waals surface area contributed by atoms with Crippen LogP contribution in [0.3, 0.4) is 0 Å². The molecular formula is C6H11NOSi. The van der Waals surface area contributed by atoms with Crippen LogP contribution in [0.15, 0.2) is 0 Å². The SMILES string of the molecule is N#C[SiH2]C1CCCCO1. The Labute approximate surface area is 57.6 Å². The van der Waals surface area contributed by atoms with E-state index in [2.05, 4.69) is 5.69 Å². The van der Waals surface area contributed by atoms with Gasteiger partial charge in [0.2, 0.25) is 0 Å². The average Bonchev–Trinajstić information content (AvgIpc) is 1.91. The normalized spacial score (nSPS) is 28.6. The van der Waals surface area contributed by atoms with E-state index in [1.165, 1.54) is 12.8 Å². The van der Waals surface area contributed by atoms with Crippen molar-refractivity contribution < 1.29 is 4.74 Å². The minimum Gasteiger partial charge on any atom is -0.381 e. The second kappa shape index (κ2) is 3.65. The van der Waals surface area contributed by atoms with Crippen molar-refractivity contribution in [3.8, 4) is 5.69 Å². The molecule has 0 aromatic rings. The molecule has 1 heterocycles. The largest absolute Gasteiger partial charge is 0.381 e. The summed E-state index contributed by atoms with van der Waals surface area (Å²) >= 11 is 0. The van der Waals surface area contributed by atoms with Crippen LogP contribution in [0.5, 0.6) is 0 Å². The number of ether oxygens (including phenoxy) is 1. The molecule has 0 aromatic heterocycles. The molecule has 0 spiro atoms. The molecular weight excluding hydrogens is 130 g/mol. The Kier molecular flexibility index (Phi) is 2.75. The molecule has 1 aliphatic rings. The van der Waals surface area contributed by atoms with Crippen molar-refractivity contribution in [2.24, 2.45) is 0 Å². The van der Waals surface area contributed by atoms with Crippen molar-refractivity contribution in [1.82, 2.24) is 0 Å². The van der Waals surface area contributed by atoms with Crippen molar-refractivity contribution in [1.29, 1.82) is 5.26 Å². The Morgan fingerprint density at radius 1 is 1.56 bits per heavy atom. The second-order valence-electron chi connectivity index (χ2n) is 2.35. The summed E-state index contributed by atoms with van der Waals surface area (Å²) in [5.74, 6) is 0. The highest BCUT2D eigenvalue weighted by atomic mass is 28.2. The molecule has 0 N–H and O–H groups in total. The zero-order chi connectivity index (χ0) is 6.53. The minimum atomic E-state index is -0.541. The maximum Gasteiger partial charge on any atom is 0.174 e. The molecule has 0 amide bonds. The third kappa shape index (κ3) is 2.16. The maximum atomic E-state index is 8.35. The lowest BCUT2D eigenvalue weighted by Crippen LogP contribution is -2.24. The van der Waals surface area contributed by atoms with E-state index >= 15 is 0 Å². The first-order chi connectivity index (χ1) is 4.43. The van der Waals surface area contributed by atoms with Gasteiger partial charge < -0.3 is 4.74 Å². The van der Waals surface area contributed by atoms with Gasteiger partial charge in [-0.2, -0.15) is 0 Å². The molecule has 0 saturated carbocycles. The Hall–Kier alpha value is -0.333. The van der Waals surface area contributed by atoms with Crippen LogP contribution in [0.2, 0.25) is 0 Å². The first-order valence-electron chi connectivity index (χ1n) is 3.42. The van der Waals surface area contributed by atoms with E-state index in [4.69, 9.17) is 10.00 Å². The summed E-state index contributed by atoms with van der Waals surface area (Å²) in [6.07, 6.45) is 3.59. The molecule has 2 nitrogen and oxygen atoms in total. The number of hydrogen-bond acceptors (Lipinski definition) is 2. The quantitative estimate of drug-likeness (QED) is 0.487. The maximum absolute atomic E-state index is 8.35. The molecule has 3 heteroatoms. The van der Waals surface area contributed by atoms with E-state index in [-0.39, 0.29) is 0 Å². The molecule has 0 bridgehead atoms. The van der Waals surface area contributed by atoms with Gasteiger partial charge in [0, 0.05) is 12.3 Å². The Bertz CT molecular complexity index is 115. The molecule has 0 aromatic carbocycles. The average molecular weight is 141 g/mol. The van der Waals surface area contributed by atoms with Crippen LogP contribution >= 0.6 is 0 Å². The van der Waals surface area contributed by atoms with Gasteiger partial charge in [0.25, 0.3) is 0 Å². The Balaban J connectivity index is 2.17. The smallest absolute Gasteiger partial charge is 0.174 e. The van der Waals surface area contributed by atoms with E-state index < -0.39 is 9.52 Å². The lowest BCUT2D eigenvalue weighted by atomic mass is 10.2.